The van der Waals surface area contributed by atoms with Crippen LogP contribution in [-0.2, 0) is 11.3 Å². The lowest BCUT2D eigenvalue weighted by molar-refractivity contribution is -0.171. The predicted octanol–water partition coefficient (Wildman–Crippen LogP) is 3.32. The van der Waals surface area contributed by atoms with E-state index in [9.17, 15) is 0 Å². The Morgan fingerprint density at radius 1 is 1.32 bits per heavy atom. The molecule has 3 aliphatic rings. The molecule has 0 bridgehead atoms. The predicted molar refractivity (Wildman–Crippen MR) is 102 cm³/mol. The molecule has 2 aliphatic carbocycles. The molecule has 1 heterocycles. The molecule has 2 saturated carbocycles. The van der Waals surface area contributed by atoms with Gasteiger partial charge in [-0.15, -0.1) is 0 Å². The molecule has 1 saturated heterocycles. The molecule has 1 aromatic carbocycles. The summed E-state index contributed by atoms with van der Waals surface area (Å²) in [6.45, 7) is 9.00. The van der Waals surface area contributed by atoms with Crippen LogP contribution >= 0.6 is 0 Å². The van der Waals surface area contributed by atoms with E-state index >= 15 is 0 Å². The third kappa shape index (κ3) is 2.84. The molecule has 136 valence electrons. The minimum Gasteiger partial charge on any atom is -0.377 e. The standard InChI is InChI=1S/C21H31N3O/c1-4-22-20(23-13-16-7-6-14(2)12-15(16)3)24-18-17-8-11-25-19(17)21(18)9-5-10-21/h6-7,12,17-19H,4-5,8-11,13H2,1-3H3,(H2,22,23,24). The van der Waals surface area contributed by atoms with Crippen LogP contribution in [0.1, 0.15) is 49.3 Å². The molecule has 0 radical (unpaired) electrons. The van der Waals surface area contributed by atoms with Crippen molar-refractivity contribution in [3.05, 3.63) is 34.9 Å². The van der Waals surface area contributed by atoms with Gasteiger partial charge in [0.15, 0.2) is 5.96 Å². The maximum absolute atomic E-state index is 6.04. The third-order valence-corrected chi connectivity index (χ3v) is 6.58. The number of hydrogen-bond acceptors (Lipinski definition) is 2. The summed E-state index contributed by atoms with van der Waals surface area (Å²) in [5.74, 6) is 1.63. The number of nitrogens with one attached hydrogen (secondary N) is 2. The molecule has 2 N–H and O–H groups in total. The number of rotatable bonds is 4. The smallest absolute Gasteiger partial charge is 0.191 e. The summed E-state index contributed by atoms with van der Waals surface area (Å²) in [7, 11) is 0. The van der Waals surface area contributed by atoms with Crippen molar-refractivity contribution in [2.24, 2.45) is 16.3 Å². The van der Waals surface area contributed by atoms with E-state index in [4.69, 9.17) is 9.73 Å². The first kappa shape index (κ1) is 16.9. The number of aryl methyl sites for hydroxylation is 2. The fraction of sp³-hybridized carbons (Fsp3) is 0.667. The second-order valence-corrected chi connectivity index (χ2v) is 8.08. The maximum atomic E-state index is 6.04. The van der Waals surface area contributed by atoms with Gasteiger partial charge in [0.25, 0.3) is 0 Å². The largest absolute Gasteiger partial charge is 0.377 e. The number of hydrogen-bond donors (Lipinski definition) is 2. The molecule has 3 atom stereocenters. The monoisotopic (exact) mass is 341 g/mol. The Labute approximate surface area is 151 Å². The van der Waals surface area contributed by atoms with E-state index in [1.807, 2.05) is 0 Å². The van der Waals surface area contributed by atoms with Crippen LogP contribution in [0.15, 0.2) is 23.2 Å². The zero-order chi connectivity index (χ0) is 17.4. The number of nitrogens with zero attached hydrogens (tertiary/aromatic N) is 1. The summed E-state index contributed by atoms with van der Waals surface area (Å²) < 4.78 is 6.04. The molecular formula is C21H31N3O. The minimum atomic E-state index is 0.386. The molecule has 0 amide bonds. The summed E-state index contributed by atoms with van der Waals surface area (Å²) in [5, 5.41) is 7.23. The van der Waals surface area contributed by atoms with Crippen LogP contribution in [-0.4, -0.2) is 31.3 Å². The van der Waals surface area contributed by atoms with Gasteiger partial charge in [-0.2, -0.15) is 0 Å². The van der Waals surface area contributed by atoms with Crippen LogP contribution in [0.3, 0.4) is 0 Å². The molecule has 25 heavy (non-hydrogen) atoms. The number of aliphatic imine (C=N–C) groups is 1. The summed E-state index contributed by atoms with van der Waals surface area (Å²) in [5.41, 5.74) is 4.32. The van der Waals surface area contributed by atoms with Crippen LogP contribution < -0.4 is 10.6 Å². The SMILES string of the molecule is CCNC(=NCc1ccc(C)cc1C)NC1C2CCOC2C12CCC2. The molecule has 1 aromatic rings. The first-order chi connectivity index (χ1) is 12.1. The van der Waals surface area contributed by atoms with Gasteiger partial charge in [0, 0.05) is 30.5 Å². The highest BCUT2D eigenvalue weighted by Crippen LogP contribution is 2.62. The first-order valence-corrected chi connectivity index (χ1v) is 9.86. The van der Waals surface area contributed by atoms with Gasteiger partial charge in [-0.3, -0.25) is 0 Å². The molecule has 3 fully saturated rings. The van der Waals surface area contributed by atoms with Crippen molar-refractivity contribution in [3.63, 3.8) is 0 Å². The molecule has 4 nitrogen and oxygen atoms in total. The van der Waals surface area contributed by atoms with Crippen LogP contribution in [0.5, 0.6) is 0 Å². The van der Waals surface area contributed by atoms with Crippen molar-refractivity contribution in [1.29, 1.82) is 0 Å². The molecule has 4 heteroatoms. The fourth-order valence-electron chi connectivity index (χ4n) is 5.11. The van der Waals surface area contributed by atoms with Gasteiger partial charge in [-0.1, -0.05) is 30.2 Å². The van der Waals surface area contributed by atoms with Gasteiger partial charge in [-0.05, 0) is 51.2 Å². The van der Waals surface area contributed by atoms with Crippen LogP contribution in [0.2, 0.25) is 0 Å². The lowest BCUT2D eigenvalue weighted by atomic mass is 9.46. The minimum absolute atomic E-state index is 0.386. The average Bonchev–Trinajstić information content (AvgIpc) is 2.95. The molecule has 1 aliphatic heterocycles. The normalized spacial score (nSPS) is 29.7. The van der Waals surface area contributed by atoms with Crippen LogP contribution in [0.4, 0.5) is 0 Å². The van der Waals surface area contributed by atoms with Crippen molar-refractivity contribution >= 4 is 5.96 Å². The van der Waals surface area contributed by atoms with E-state index in [1.165, 1.54) is 42.4 Å². The highest BCUT2D eigenvalue weighted by Gasteiger charge is 2.66. The lowest BCUT2D eigenvalue weighted by Gasteiger charge is -2.63. The van der Waals surface area contributed by atoms with E-state index in [2.05, 4.69) is 49.6 Å². The highest BCUT2D eigenvalue weighted by molar-refractivity contribution is 5.80. The Bertz CT molecular complexity index is 665. The van der Waals surface area contributed by atoms with Gasteiger partial charge in [0.2, 0.25) is 0 Å². The van der Waals surface area contributed by atoms with Gasteiger partial charge in [0.05, 0.1) is 12.6 Å². The second kappa shape index (κ2) is 6.64. The summed E-state index contributed by atoms with van der Waals surface area (Å²) in [6.07, 6.45) is 5.66. The molecule has 1 spiro atoms. The zero-order valence-electron chi connectivity index (χ0n) is 15.8. The number of ether oxygens (including phenoxy) is 1. The summed E-state index contributed by atoms with van der Waals surface area (Å²) in [6, 6.07) is 7.15. The first-order valence-electron chi connectivity index (χ1n) is 9.86. The average molecular weight is 341 g/mol. The Morgan fingerprint density at radius 2 is 2.16 bits per heavy atom. The lowest BCUT2D eigenvalue weighted by Crippen LogP contribution is -2.72. The Morgan fingerprint density at radius 3 is 2.84 bits per heavy atom. The number of guanidine groups is 1. The number of fused-ring (bicyclic) bond motifs is 2. The van der Waals surface area contributed by atoms with E-state index in [0.29, 0.717) is 23.5 Å². The van der Waals surface area contributed by atoms with Gasteiger partial charge < -0.3 is 15.4 Å². The van der Waals surface area contributed by atoms with E-state index in [0.717, 1.165) is 25.7 Å². The molecular weight excluding hydrogens is 310 g/mol. The van der Waals surface area contributed by atoms with Crippen molar-refractivity contribution in [1.82, 2.24) is 10.6 Å². The Kier molecular flexibility index (Phi) is 4.48. The fourth-order valence-corrected chi connectivity index (χ4v) is 5.11. The summed E-state index contributed by atoms with van der Waals surface area (Å²) >= 11 is 0. The number of benzene rings is 1. The van der Waals surface area contributed by atoms with E-state index < -0.39 is 0 Å². The van der Waals surface area contributed by atoms with Gasteiger partial charge in [0.1, 0.15) is 0 Å². The van der Waals surface area contributed by atoms with Gasteiger partial charge >= 0.3 is 0 Å². The zero-order valence-corrected chi connectivity index (χ0v) is 15.8. The highest BCUT2D eigenvalue weighted by atomic mass is 16.5. The van der Waals surface area contributed by atoms with Gasteiger partial charge in [-0.25, -0.2) is 4.99 Å². The van der Waals surface area contributed by atoms with Crippen LogP contribution in [0.25, 0.3) is 0 Å². The molecule has 3 unspecified atom stereocenters. The maximum Gasteiger partial charge on any atom is 0.191 e. The topological polar surface area (TPSA) is 45.7 Å². The van der Waals surface area contributed by atoms with Crippen molar-refractivity contribution < 1.29 is 4.74 Å². The molecule has 0 aromatic heterocycles. The second-order valence-electron chi connectivity index (χ2n) is 8.08. The van der Waals surface area contributed by atoms with Crippen LogP contribution in [0, 0.1) is 25.2 Å². The van der Waals surface area contributed by atoms with Crippen molar-refractivity contribution in [2.75, 3.05) is 13.2 Å². The van der Waals surface area contributed by atoms with Crippen molar-refractivity contribution in [2.45, 2.75) is 65.1 Å². The third-order valence-electron chi connectivity index (χ3n) is 6.58. The van der Waals surface area contributed by atoms with E-state index in [-0.39, 0.29) is 0 Å². The van der Waals surface area contributed by atoms with E-state index in [1.54, 1.807) is 0 Å². The molecule has 4 rings (SSSR count). The Hall–Kier alpha value is -1.55. The van der Waals surface area contributed by atoms with Crippen molar-refractivity contribution in [3.8, 4) is 0 Å². The Balaban J connectivity index is 1.47. The quantitative estimate of drug-likeness (QED) is 0.652. The summed E-state index contributed by atoms with van der Waals surface area (Å²) in [4.78, 5) is 4.89.